The van der Waals surface area contributed by atoms with Gasteiger partial charge in [0.15, 0.2) is 0 Å². The molecule has 1 heterocycles. The first kappa shape index (κ1) is 13.4. The molecule has 2 aromatic rings. The van der Waals surface area contributed by atoms with Crippen LogP contribution in [-0.2, 0) is 13.1 Å². The zero-order chi connectivity index (χ0) is 13.8. The molecule has 2 rings (SSSR count). The van der Waals surface area contributed by atoms with E-state index in [0.717, 1.165) is 30.0 Å². The standard InChI is InChI=1S/C15H17NO3/c1-11-7-8-19-14(11)10-16(2)9-12-3-5-13(6-4-12)15(17)18/h3-8H,9-10H2,1-2H3,(H,17,18). The number of carboxylic acids is 1. The molecular formula is C15H17NO3. The van der Waals surface area contributed by atoms with Gasteiger partial charge in [-0.3, -0.25) is 4.90 Å². The minimum Gasteiger partial charge on any atom is -0.478 e. The van der Waals surface area contributed by atoms with Crippen molar-refractivity contribution in [1.82, 2.24) is 4.90 Å². The molecule has 0 radical (unpaired) electrons. The number of hydrogen-bond acceptors (Lipinski definition) is 3. The normalized spacial score (nSPS) is 10.9. The largest absolute Gasteiger partial charge is 0.478 e. The first-order valence-corrected chi connectivity index (χ1v) is 6.10. The fourth-order valence-electron chi connectivity index (χ4n) is 1.93. The molecule has 0 aliphatic carbocycles. The van der Waals surface area contributed by atoms with E-state index < -0.39 is 5.97 Å². The van der Waals surface area contributed by atoms with Crippen LogP contribution in [-0.4, -0.2) is 23.0 Å². The van der Waals surface area contributed by atoms with E-state index in [0.29, 0.717) is 5.56 Å². The van der Waals surface area contributed by atoms with Crippen molar-refractivity contribution in [2.24, 2.45) is 0 Å². The number of nitrogens with zero attached hydrogens (tertiary/aromatic N) is 1. The lowest BCUT2D eigenvalue weighted by Crippen LogP contribution is -2.17. The average molecular weight is 259 g/mol. The summed E-state index contributed by atoms with van der Waals surface area (Å²) in [5.41, 5.74) is 2.54. The van der Waals surface area contributed by atoms with Crippen molar-refractivity contribution in [2.75, 3.05) is 7.05 Å². The molecule has 0 aliphatic rings. The lowest BCUT2D eigenvalue weighted by Gasteiger charge is -2.15. The predicted molar refractivity (Wildman–Crippen MR) is 72.0 cm³/mol. The highest BCUT2D eigenvalue weighted by Gasteiger charge is 2.07. The Morgan fingerprint density at radius 2 is 1.89 bits per heavy atom. The van der Waals surface area contributed by atoms with Crippen LogP contribution in [0.5, 0.6) is 0 Å². The Balaban J connectivity index is 1.97. The maximum Gasteiger partial charge on any atom is 0.335 e. The number of rotatable bonds is 5. The van der Waals surface area contributed by atoms with Crippen molar-refractivity contribution in [2.45, 2.75) is 20.0 Å². The van der Waals surface area contributed by atoms with E-state index in [9.17, 15) is 4.79 Å². The van der Waals surface area contributed by atoms with Gasteiger partial charge in [-0.25, -0.2) is 4.79 Å². The molecule has 100 valence electrons. The van der Waals surface area contributed by atoms with Gasteiger partial charge < -0.3 is 9.52 Å². The summed E-state index contributed by atoms with van der Waals surface area (Å²) in [4.78, 5) is 12.9. The van der Waals surface area contributed by atoms with Crippen LogP contribution in [0.3, 0.4) is 0 Å². The summed E-state index contributed by atoms with van der Waals surface area (Å²) in [6, 6.07) is 8.89. The first-order valence-electron chi connectivity index (χ1n) is 6.10. The lowest BCUT2D eigenvalue weighted by atomic mass is 10.1. The van der Waals surface area contributed by atoms with Gasteiger partial charge in [0.05, 0.1) is 18.4 Å². The van der Waals surface area contributed by atoms with Crippen LogP contribution < -0.4 is 0 Å². The van der Waals surface area contributed by atoms with E-state index in [1.54, 1.807) is 18.4 Å². The third kappa shape index (κ3) is 3.45. The Morgan fingerprint density at radius 1 is 1.21 bits per heavy atom. The Labute approximate surface area is 112 Å². The molecule has 4 nitrogen and oxygen atoms in total. The van der Waals surface area contributed by atoms with Gasteiger partial charge in [-0.1, -0.05) is 12.1 Å². The van der Waals surface area contributed by atoms with Crippen molar-refractivity contribution in [3.05, 3.63) is 59.0 Å². The second-order valence-corrected chi connectivity index (χ2v) is 4.70. The van der Waals surface area contributed by atoms with Crippen LogP contribution in [0.25, 0.3) is 0 Å². The summed E-state index contributed by atoms with van der Waals surface area (Å²) in [6.45, 7) is 3.51. The van der Waals surface area contributed by atoms with E-state index in [1.807, 2.05) is 32.2 Å². The molecule has 1 aromatic heterocycles. The number of furan rings is 1. The van der Waals surface area contributed by atoms with Crippen LogP contribution in [0.1, 0.15) is 27.2 Å². The van der Waals surface area contributed by atoms with Gasteiger partial charge in [0, 0.05) is 6.54 Å². The minimum atomic E-state index is -0.897. The number of carboxylic acid groups (broad SMARTS) is 1. The third-order valence-electron chi connectivity index (χ3n) is 3.04. The van der Waals surface area contributed by atoms with Gasteiger partial charge in [-0.05, 0) is 43.3 Å². The molecule has 0 spiro atoms. The maximum atomic E-state index is 10.8. The number of carbonyl (C=O) groups is 1. The Hall–Kier alpha value is -2.07. The maximum absolute atomic E-state index is 10.8. The van der Waals surface area contributed by atoms with Crippen molar-refractivity contribution in [3.63, 3.8) is 0 Å². The van der Waals surface area contributed by atoms with E-state index in [1.165, 1.54) is 0 Å². The third-order valence-corrected chi connectivity index (χ3v) is 3.04. The molecule has 0 aliphatic heterocycles. The van der Waals surface area contributed by atoms with Gasteiger partial charge in [0.2, 0.25) is 0 Å². The molecule has 0 saturated heterocycles. The highest BCUT2D eigenvalue weighted by Crippen LogP contribution is 2.13. The topological polar surface area (TPSA) is 53.7 Å². The molecule has 0 unspecified atom stereocenters. The van der Waals surface area contributed by atoms with Gasteiger partial charge in [0.1, 0.15) is 5.76 Å². The minimum absolute atomic E-state index is 0.313. The molecule has 0 saturated carbocycles. The summed E-state index contributed by atoms with van der Waals surface area (Å²) >= 11 is 0. The lowest BCUT2D eigenvalue weighted by molar-refractivity contribution is 0.0697. The number of hydrogen-bond donors (Lipinski definition) is 1. The van der Waals surface area contributed by atoms with Crippen LogP contribution >= 0.6 is 0 Å². The van der Waals surface area contributed by atoms with Crippen molar-refractivity contribution >= 4 is 5.97 Å². The van der Waals surface area contributed by atoms with Gasteiger partial charge in [-0.15, -0.1) is 0 Å². The van der Waals surface area contributed by atoms with Gasteiger partial charge in [0.25, 0.3) is 0 Å². The Morgan fingerprint density at radius 3 is 2.42 bits per heavy atom. The van der Waals surface area contributed by atoms with Crippen LogP contribution in [0.4, 0.5) is 0 Å². The summed E-state index contributed by atoms with van der Waals surface area (Å²) < 4.78 is 5.40. The number of aromatic carboxylic acids is 1. The van der Waals surface area contributed by atoms with Crippen molar-refractivity contribution < 1.29 is 14.3 Å². The van der Waals surface area contributed by atoms with E-state index in [2.05, 4.69) is 4.90 Å². The van der Waals surface area contributed by atoms with Gasteiger partial charge >= 0.3 is 5.97 Å². The average Bonchev–Trinajstić information content (AvgIpc) is 2.75. The molecule has 1 aromatic carbocycles. The second kappa shape index (κ2) is 5.71. The van der Waals surface area contributed by atoms with Crippen LogP contribution in [0.2, 0.25) is 0 Å². The summed E-state index contributed by atoms with van der Waals surface area (Å²) in [6.07, 6.45) is 1.69. The van der Waals surface area contributed by atoms with E-state index in [4.69, 9.17) is 9.52 Å². The zero-order valence-electron chi connectivity index (χ0n) is 11.1. The van der Waals surface area contributed by atoms with Gasteiger partial charge in [-0.2, -0.15) is 0 Å². The number of aryl methyl sites for hydroxylation is 1. The molecule has 19 heavy (non-hydrogen) atoms. The van der Waals surface area contributed by atoms with E-state index in [-0.39, 0.29) is 0 Å². The molecule has 0 bridgehead atoms. The monoisotopic (exact) mass is 259 g/mol. The fraction of sp³-hybridized carbons (Fsp3) is 0.267. The fourth-order valence-corrected chi connectivity index (χ4v) is 1.93. The van der Waals surface area contributed by atoms with Crippen molar-refractivity contribution in [1.29, 1.82) is 0 Å². The summed E-state index contributed by atoms with van der Waals surface area (Å²) in [5.74, 6) is 0.0655. The predicted octanol–water partition coefficient (Wildman–Crippen LogP) is 2.92. The Bertz CT molecular complexity index is 557. The second-order valence-electron chi connectivity index (χ2n) is 4.70. The smallest absolute Gasteiger partial charge is 0.335 e. The van der Waals surface area contributed by atoms with Crippen molar-refractivity contribution in [3.8, 4) is 0 Å². The first-order chi connectivity index (χ1) is 9.06. The van der Waals surface area contributed by atoms with Crippen LogP contribution in [0, 0.1) is 6.92 Å². The summed E-state index contributed by atoms with van der Waals surface area (Å²) in [5, 5.41) is 8.84. The summed E-state index contributed by atoms with van der Waals surface area (Å²) in [7, 11) is 2.01. The Kier molecular flexibility index (Phi) is 4.02. The SMILES string of the molecule is Cc1ccoc1CN(C)Cc1ccc(C(=O)O)cc1. The number of benzene rings is 1. The molecular weight excluding hydrogens is 242 g/mol. The zero-order valence-corrected chi connectivity index (χ0v) is 11.1. The molecule has 1 N–H and O–H groups in total. The molecule has 0 atom stereocenters. The van der Waals surface area contributed by atoms with E-state index >= 15 is 0 Å². The molecule has 4 heteroatoms. The quantitative estimate of drug-likeness (QED) is 0.897. The highest BCUT2D eigenvalue weighted by molar-refractivity contribution is 5.87. The molecule has 0 amide bonds. The van der Waals surface area contributed by atoms with Crippen LogP contribution in [0.15, 0.2) is 41.0 Å². The molecule has 0 fully saturated rings. The highest BCUT2D eigenvalue weighted by atomic mass is 16.4.